The van der Waals surface area contributed by atoms with Gasteiger partial charge in [0.25, 0.3) is 0 Å². The average Bonchev–Trinajstić information content (AvgIpc) is 3.22. The van der Waals surface area contributed by atoms with E-state index in [1.807, 2.05) is 6.07 Å². The summed E-state index contributed by atoms with van der Waals surface area (Å²) in [5.41, 5.74) is 3.04. The van der Waals surface area contributed by atoms with Crippen LogP contribution in [0.25, 0.3) is 0 Å². The minimum Gasteiger partial charge on any atom is -0.465 e. The number of benzene rings is 1. The van der Waals surface area contributed by atoms with Crippen molar-refractivity contribution in [2.24, 2.45) is 0 Å². The molecule has 2 fully saturated rings. The van der Waals surface area contributed by atoms with Gasteiger partial charge in [-0.05, 0) is 47.8 Å². The Morgan fingerprint density at radius 3 is 1.88 bits per heavy atom. The molecule has 0 spiro atoms. The molecular weight excluding hydrogens is 332 g/mol. The zero-order valence-corrected chi connectivity index (χ0v) is 15.7. The van der Waals surface area contributed by atoms with E-state index < -0.39 is 12.2 Å². The molecule has 2 aliphatic heterocycles. The largest absolute Gasteiger partial charge is 0.465 e. The predicted octanol–water partition coefficient (Wildman–Crippen LogP) is 4.61. The summed E-state index contributed by atoms with van der Waals surface area (Å²) in [6.07, 6.45) is 1.44. The Bertz CT molecular complexity index is 710. The quantitative estimate of drug-likeness (QED) is 0.807. The third-order valence-electron chi connectivity index (χ3n) is 5.67. The molecule has 26 heavy (non-hydrogen) atoms. The van der Waals surface area contributed by atoms with E-state index in [2.05, 4.69) is 32.9 Å². The molecule has 2 unspecified atom stereocenters. The van der Waals surface area contributed by atoms with Crippen molar-refractivity contribution in [1.29, 1.82) is 0 Å². The minimum atomic E-state index is -0.903. The molecule has 0 saturated carbocycles. The SMILES string of the molecule is CC(C)(C)c1ccc(C2CCCN2C(=O)O)c(C2CCCN2C(=O)O)c1. The first-order chi connectivity index (χ1) is 12.2. The van der Waals surface area contributed by atoms with Crippen LogP contribution in [-0.2, 0) is 5.41 Å². The highest BCUT2D eigenvalue weighted by atomic mass is 16.4. The average molecular weight is 360 g/mol. The van der Waals surface area contributed by atoms with Crippen LogP contribution in [0.2, 0.25) is 0 Å². The van der Waals surface area contributed by atoms with E-state index >= 15 is 0 Å². The molecule has 0 bridgehead atoms. The summed E-state index contributed by atoms with van der Waals surface area (Å²) in [4.78, 5) is 26.3. The Balaban J connectivity index is 2.09. The predicted molar refractivity (Wildman–Crippen MR) is 98.6 cm³/mol. The topological polar surface area (TPSA) is 81.1 Å². The van der Waals surface area contributed by atoms with E-state index in [4.69, 9.17) is 0 Å². The van der Waals surface area contributed by atoms with Crippen molar-refractivity contribution in [2.45, 2.75) is 64.0 Å². The molecule has 142 valence electrons. The lowest BCUT2D eigenvalue weighted by atomic mass is 9.82. The molecular formula is C20H28N2O4. The van der Waals surface area contributed by atoms with Gasteiger partial charge in [0, 0.05) is 13.1 Å². The molecule has 3 rings (SSSR count). The van der Waals surface area contributed by atoms with Crippen molar-refractivity contribution in [3.63, 3.8) is 0 Å². The van der Waals surface area contributed by atoms with Crippen molar-refractivity contribution >= 4 is 12.2 Å². The summed E-state index contributed by atoms with van der Waals surface area (Å²) >= 11 is 0. The van der Waals surface area contributed by atoms with Crippen molar-refractivity contribution in [3.05, 3.63) is 34.9 Å². The van der Waals surface area contributed by atoms with E-state index in [1.54, 1.807) is 0 Å². The van der Waals surface area contributed by atoms with Gasteiger partial charge in [-0.3, -0.25) is 0 Å². The zero-order chi connectivity index (χ0) is 19.1. The number of likely N-dealkylation sites (tertiary alicyclic amines) is 2. The molecule has 2 atom stereocenters. The molecule has 1 aromatic rings. The van der Waals surface area contributed by atoms with Crippen LogP contribution in [0.5, 0.6) is 0 Å². The number of rotatable bonds is 2. The van der Waals surface area contributed by atoms with Gasteiger partial charge in [-0.25, -0.2) is 9.59 Å². The Morgan fingerprint density at radius 2 is 1.42 bits per heavy atom. The van der Waals surface area contributed by atoms with Crippen LogP contribution in [0.4, 0.5) is 9.59 Å². The lowest BCUT2D eigenvalue weighted by Gasteiger charge is -2.31. The molecule has 2 saturated heterocycles. The zero-order valence-electron chi connectivity index (χ0n) is 15.7. The van der Waals surface area contributed by atoms with Gasteiger partial charge in [0.2, 0.25) is 0 Å². The van der Waals surface area contributed by atoms with E-state index in [0.29, 0.717) is 13.1 Å². The number of nitrogens with zero attached hydrogens (tertiary/aromatic N) is 2. The first kappa shape index (κ1) is 18.5. The van der Waals surface area contributed by atoms with Crippen LogP contribution in [0, 0.1) is 0 Å². The Kier molecular flexibility index (Phi) is 4.86. The van der Waals surface area contributed by atoms with Crippen molar-refractivity contribution < 1.29 is 19.8 Å². The lowest BCUT2D eigenvalue weighted by Crippen LogP contribution is -2.32. The highest BCUT2D eigenvalue weighted by molar-refractivity contribution is 5.68. The third-order valence-corrected chi connectivity index (χ3v) is 5.67. The van der Waals surface area contributed by atoms with Crippen molar-refractivity contribution in [1.82, 2.24) is 9.80 Å². The Labute approximate surface area is 154 Å². The first-order valence-corrected chi connectivity index (χ1v) is 9.33. The van der Waals surface area contributed by atoms with Crippen LogP contribution in [-0.4, -0.2) is 45.3 Å². The molecule has 0 aromatic heterocycles. The van der Waals surface area contributed by atoms with Crippen LogP contribution in [0.3, 0.4) is 0 Å². The van der Waals surface area contributed by atoms with Gasteiger partial charge >= 0.3 is 12.2 Å². The van der Waals surface area contributed by atoms with E-state index in [9.17, 15) is 19.8 Å². The number of hydrogen-bond acceptors (Lipinski definition) is 2. The number of carbonyl (C=O) groups is 2. The second-order valence-corrected chi connectivity index (χ2v) is 8.36. The Hall–Kier alpha value is -2.24. The van der Waals surface area contributed by atoms with Crippen LogP contribution in [0.15, 0.2) is 18.2 Å². The van der Waals surface area contributed by atoms with Gasteiger partial charge < -0.3 is 20.0 Å². The Morgan fingerprint density at radius 1 is 0.923 bits per heavy atom. The molecule has 2 aliphatic rings. The molecule has 0 radical (unpaired) electrons. The van der Waals surface area contributed by atoms with E-state index in [1.165, 1.54) is 9.80 Å². The van der Waals surface area contributed by atoms with Crippen LogP contribution < -0.4 is 0 Å². The molecule has 2 amide bonds. The lowest BCUT2D eigenvalue weighted by molar-refractivity contribution is 0.135. The fraction of sp³-hybridized carbons (Fsp3) is 0.600. The number of hydrogen-bond donors (Lipinski definition) is 2. The monoisotopic (exact) mass is 360 g/mol. The summed E-state index contributed by atoms with van der Waals surface area (Å²) in [5, 5.41) is 19.1. The van der Waals surface area contributed by atoms with Gasteiger partial charge in [-0.15, -0.1) is 0 Å². The van der Waals surface area contributed by atoms with Crippen LogP contribution in [0.1, 0.15) is 75.2 Å². The summed E-state index contributed by atoms with van der Waals surface area (Å²) in [5.74, 6) is 0. The van der Waals surface area contributed by atoms with E-state index in [0.717, 1.165) is 42.4 Å². The first-order valence-electron chi connectivity index (χ1n) is 9.33. The van der Waals surface area contributed by atoms with Crippen LogP contribution >= 0.6 is 0 Å². The minimum absolute atomic E-state index is 0.0535. The third kappa shape index (κ3) is 3.37. The summed E-state index contributed by atoms with van der Waals surface area (Å²) < 4.78 is 0. The smallest absolute Gasteiger partial charge is 0.407 e. The summed E-state index contributed by atoms with van der Waals surface area (Å²) in [6.45, 7) is 7.47. The molecule has 6 heteroatoms. The fourth-order valence-electron chi connectivity index (χ4n) is 4.27. The standard InChI is InChI=1S/C20H28N2O4/c1-20(2,3)13-8-9-14(16-6-4-10-21(16)18(23)24)15(12-13)17-7-5-11-22(17)19(25)26/h8-9,12,16-17H,4-7,10-11H2,1-3H3,(H,23,24)(H,25,26). The van der Waals surface area contributed by atoms with Gasteiger partial charge in [-0.1, -0.05) is 39.0 Å². The maximum atomic E-state index is 11.7. The van der Waals surface area contributed by atoms with Crippen molar-refractivity contribution in [3.8, 4) is 0 Å². The van der Waals surface area contributed by atoms with Gasteiger partial charge in [0.1, 0.15) is 0 Å². The van der Waals surface area contributed by atoms with Gasteiger partial charge in [-0.2, -0.15) is 0 Å². The molecule has 2 N–H and O–H groups in total. The summed E-state index contributed by atoms with van der Waals surface area (Å²) in [6, 6.07) is 5.82. The second kappa shape index (κ2) is 6.82. The molecule has 1 aromatic carbocycles. The van der Waals surface area contributed by atoms with Crippen molar-refractivity contribution in [2.75, 3.05) is 13.1 Å². The normalized spacial score (nSPS) is 23.5. The molecule has 2 heterocycles. The van der Waals surface area contributed by atoms with E-state index in [-0.39, 0.29) is 17.5 Å². The fourth-order valence-corrected chi connectivity index (χ4v) is 4.27. The summed E-state index contributed by atoms with van der Waals surface area (Å²) in [7, 11) is 0. The maximum absolute atomic E-state index is 11.7. The molecule has 6 nitrogen and oxygen atoms in total. The second-order valence-electron chi connectivity index (χ2n) is 8.36. The molecule has 0 aliphatic carbocycles. The highest BCUT2D eigenvalue weighted by Crippen LogP contribution is 2.42. The highest BCUT2D eigenvalue weighted by Gasteiger charge is 2.37. The van der Waals surface area contributed by atoms with Gasteiger partial charge in [0.15, 0.2) is 0 Å². The maximum Gasteiger partial charge on any atom is 0.407 e. The van der Waals surface area contributed by atoms with Gasteiger partial charge in [0.05, 0.1) is 12.1 Å². The number of amides is 2. The number of carboxylic acid groups (broad SMARTS) is 2.